The van der Waals surface area contributed by atoms with Crippen LogP contribution in [0.25, 0.3) is 11.3 Å². The molecule has 0 aliphatic heterocycles. The van der Waals surface area contributed by atoms with Crippen molar-refractivity contribution in [1.82, 2.24) is 9.97 Å². The van der Waals surface area contributed by atoms with Crippen LogP contribution in [0.2, 0.25) is 5.02 Å². The molecule has 0 fully saturated rings. The molecule has 0 unspecified atom stereocenters. The number of aromatic nitrogens is 2. The van der Waals surface area contributed by atoms with Crippen molar-refractivity contribution in [3.05, 3.63) is 51.9 Å². The van der Waals surface area contributed by atoms with Crippen molar-refractivity contribution in [2.45, 2.75) is 0 Å². The Labute approximate surface area is 95.9 Å². The van der Waals surface area contributed by atoms with E-state index >= 15 is 0 Å². The summed E-state index contributed by atoms with van der Waals surface area (Å²) in [5.41, 5.74) is 0.730. The van der Waals surface area contributed by atoms with Crippen molar-refractivity contribution in [3.63, 3.8) is 0 Å². The lowest BCUT2D eigenvalue weighted by Crippen LogP contribution is -1.94. The van der Waals surface area contributed by atoms with Crippen LogP contribution in [0.4, 0.5) is 5.69 Å². The van der Waals surface area contributed by atoms with Gasteiger partial charge in [-0.2, -0.15) is 0 Å². The zero-order chi connectivity index (χ0) is 11.5. The van der Waals surface area contributed by atoms with Gasteiger partial charge in [0.1, 0.15) is 5.69 Å². The minimum Gasteiger partial charge on any atom is -0.264 e. The van der Waals surface area contributed by atoms with E-state index in [9.17, 15) is 10.1 Å². The van der Waals surface area contributed by atoms with Crippen LogP contribution in [0.15, 0.2) is 36.8 Å². The summed E-state index contributed by atoms with van der Waals surface area (Å²) in [5.74, 6) is 0. The summed E-state index contributed by atoms with van der Waals surface area (Å²) in [6, 6.07) is 4.67. The summed E-state index contributed by atoms with van der Waals surface area (Å²) >= 11 is 5.67. The fourth-order valence-corrected chi connectivity index (χ4v) is 1.45. The van der Waals surface area contributed by atoms with Gasteiger partial charge in [-0.15, -0.1) is 0 Å². The molecule has 0 aromatic carbocycles. The van der Waals surface area contributed by atoms with E-state index in [0.717, 1.165) is 0 Å². The van der Waals surface area contributed by atoms with Crippen LogP contribution >= 0.6 is 11.6 Å². The van der Waals surface area contributed by atoms with E-state index in [4.69, 9.17) is 11.6 Å². The molecule has 0 N–H and O–H groups in total. The van der Waals surface area contributed by atoms with Gasteiger partial charge in [-0.05, 0) is 12.1 Å². The van der Waals surface area contributed by atoms with E-state index in [-0.39, 0.29) is 16.4 Å². The standard InChI is InChI=1S/C10H6ClN3O2/c11-8-4-9(14(15)16)10(13-6-8)7-2-1-3-12-5-7/h1-6H. The van der Waals surface area contributed by atoms with Gasteiger partial charge in [0, 0.05) is 30.2 Å². The summed E-state index contributed by atoms with van der Waals surface area (Å²) < 4.78 is 0. The lowest BCUT2D eigenvalue weighted by molar-refractivity contribution is -0.384. The van der Waals surface area contributed by atoms with E-state index in [2.05, 4.69) is 9.97 Å². The monoisotopic (exact) mass is 235 g/mol. The Balaban J connectivity index is 2.61. The van der Waals surface area contributed by atoms with Crippen molar-refractivity contribution in [2.75, 3.05) is 0 Å². The molecule has 0 atom stereocenters. The van der Waals surface area contributed by atoms with Crippen molar-refractivity contribution < 1.29 is 4.92 Å². The number of hydrogen-bond donors (Lipinski definition) is 0. The van der Waals surface area contributed by atoms with E-state index in [1.54, 1.807) is 18.3 Å². The van der Waals surface area contributed by atoms with Gasteiger partial charge < -0.3 is 0 Å². The molecule has 16 heavy (non-hydrogen) atoms. The first kappa shape index (κ1) is 10.5. The molecule has 0 bridgehead atoms. The number of nitro groups is 1. The predicted octanol–water partition coefficient (Wildman–Crippen LogP) is 2.71. The zero-order valence-electron chi connectivity index (χ0n) is 8.00. The molecule has 2 aromatic heterocycles. The van der Waals surface area contributed by atoms with Crippen LogP contribution in [-0.2, 0) is 0 Å². The minimum atomic E-state index is -0.513. The molecule has 6 heteroatoms. The minimum absolute atomic E-state index is 0.125. The highest BCUT2D eigenvalue weighted by Crippen LogP contribution is 2.28. The van der Waals surface area contributed by atoms with E-state index < -0.39 is 4.92 Å². The fourth-order valence-electron chi connectivity index (χ4n) is 1.29. The van der Waals surface area contributed by atoms with Gasteiger partial charge in [0.2, 0.25) is 0 Å². The quantitative estimate of drug-likeness (QED) is 0.593. The Hall–Kier alpha value is -2.01. The lowest BCUT2D eigenvalue weighted by Gasteiger charge is -2.01. The molecule has 80 valence electrons. The van der Waals surface area contributed by atoms with Crippen LogP contribution in [0.1, 0.15) is 0 Å². The molecule has 0 aliphatic rings. The molecule has 0 aliphatic carbocycles. The molecule has 0 saturated carbocycles. The number of pyridine rings is 2. The Kier molecular flexibility index (Phi) is 2.78. The predicted molar refractivity (Wildman–Crippen MR) is 59.1 cm³/mol. The van der Waals surface area contributed by atoms with Crippen LogP contribution in [-0.4, -0.2) is 14.9 Å². The Bertz CT molecular complexity index is 531. The summed E-state index contributed by atoms with van der Waals surface area (Å²) in [6.07, 6.45) is 4.48. The first-order valence-electron chi connectivity index (χ1n) is 4.39. The molecule has 5 nitrogen and oxygen atoms in total. The van der Waals surface area contributed by atoms with Gasteiger partial charge in [-0.25, -0.2) is 4.98 Å². The van der Waals surface area contributed by atoms with Gasteiger partial charge >= 0.3 is 0 Å². The number of halogens is 1. The first-order valence-corrected chi connectivity index (χ1v) is 4.76. The van der Waals surface area contributed by atoms with Gasteiger partial charge in [-0.3, -0.25) is 15.1 Å². The maximum atomic E-state index is 10.8. The molecular formula is C10H6ClN3O2. The average Bonchev–Trinajstić information content (AvgIpc) is 2.30. The smallest absolute Gasteiger partial charge is 0.264 e. The van der Waals surface area contributed by atoms with Crippen molar-refractivity contribution in [1.29, 1.82) is 0 Å². The van der Waals surface area contributed by atoms with Gasteiger partial charge in [0.25, 0.3) is 5.69 Å². The Morgan fingerprint density at radius 1 is 1.38 bits per heavy atom. The molecule has 0 radical (unpaired) electrons. The summed E-state index contributed by atoms with van der Waals surface area (Å²) in [7, 11) is 0. The average molecular weight is 236 g/mol. The maximum Gasteiger partial charge on any atom is 0.297 e. The van der Waals surface area contributed by atoms with Crippen LogP contribution < -0.4 is 0 Å². The first-order chi connectivity index (χ1) is 7.68. The van der Waals surface area contributed by atoms with Crippen LogP contribution in [0.5, 0.6) is 0 Å². The van der Waals surface area contributed by atoms with Gasteiger partial charge in [0.05, 0.1) is 9.95 Å². The molecule has 2 rings (SSSR count). The van der Waals surface area contributed by atoms with Crippen molar-refractivity contribution in [2.24, 2.45) is 0 Å². The number of nitrogens with zero attached hydrogens (tertiary/aromatic N) is 3. The fraction of sp³-hybridized carbons (Fsp3) is 0. The number of rotatable bonds is 2. The second kappa shape index (κ2) is 4.24. The van der Waals surface area contributed by atoms with E-state index in [1.807, 2.05) is 0 Å². The summed E-state index contributed by atoms with van der Waals surface area (Å²) in [4.78, 5) is 18.2. The zero-order valence-corrected chi connectivity index (χ0v) is 8.76. The van der Waals surface area contributed by atoms with Gasteiger partial charge in [0.15, 0.2) is 0 Å². The number of hydrogen-bond acceptors (Lipinski definition) is 4. The highest BCUT2D eigenvalue weighted by Gasteiger charge is 2.17. The lowest BCUT2D eigenvalue weighted by atomic mass is 10.1. The molecular weight excluding hydrogens is 230 g/mol. The third-order valence-electron chi connectivity index (χ3n) is 1.97. The topological polar surface area (TPSA) is 68.9 Å². The van der Waals surface area contributed by atoms with Crippen LogP contribution in [0.3, 0.4) is 0 Å². The highest BCUT2D eigenvalue weighted by atomic mass is 35.5. The van der Waals surface area contributed by atoms with Crippen molar-refractivity contribution >= 4 is 17.3 Å². The molecule has 0 amide bonds. The largest absolute Gasteiger partial charge is 0.297 e. The van der Waals surface area contributed by atoms with Crippen LogP contribution in [0, 0.1) is 10.1 Å². The van der Waals surface area contributed by atoms with Crippen molar-refractivity contribution in [3.8, 4) is 11.3 Å². The third-order valence-corrected chi connectivity index (χ3v) is 2.17. The summed E-state index contributed by atoms with van der Waals surface area (Å²) in [5, 5.41) is 11.1. The second-order valence-corrected chi connectivity index (χ2v) is 3.46. The Morgan fingerprint density at radius 2 is 2.19 bits per heavy atom. The SMILES string of the molecule is O=[N+]([O-])c1cc(Cl)cnc1-c1cccnc1. The molecule has 0 saturated heterocycles. The maximum absolute atomic E-state index is 10.8. The summed E-state index contributed by atoms with van der Waals surface area (Å²) in [6.45, 7) is 0. The molecule has 0 spiro atoms. The normalized spacial score (nSPS) is 10.1. The molecule has 2 aromatic rings. The van der Waals surface area contributed by atoms with E-state index in [0.29, 0.717) is 5.56 Å². The second-order valence-electron chi connectivity index (χ2n) is 3.02. The highest BCUT2D eigenvalue weighted by molar-refractivity contribution is 6.30. The third kappa shape index (κ3) is 1.99. The van der Waals surface area contributed by atoms with Gasteiger partial charge in [-0.1, -0.05) is 11.6 Å². The Morgan fingerprint density at radius 3 is 2.81 bits per heavy atom. The molecule has 2 heterocycles. The van der Waals surface area contributed by atoms with E-state index in [1.165, 1.54) is 18.5 Å².